The van der Waals surface area contributed by atoms with Gasteiger partial charge in [-0.15, -0.1) is 10.2 Å². The molecule has 2 aromatic heterocycles. The van der Waals surface area contributed by atoms with E-state index in [-0.39, 0.29) is 11.2 Å². The molecule has 0 fully saturated rings. The highest BCUT2D eigenvalue weighted by Gasteiger charge is 2.19. The number of hydrogen-bond donors (Lipinski definition) is 2. The van der Waals surface area contributed by atoms with E-state index in [1.54, 1.807) is 0 Å². The maximum Gasteiger partial charge on any atom is 0.232 e. The van der Waals surface area contributed by atoms with Crippen molar-refractivity contribution >= 4 is 40.9 Å². The van der Waals surface area contributed by atoms with Gasteiger partial charge in [-0.3, -0.25) is 0 Å². The first-order chi connectivity index (χ1) is 14.5. The summed E-state index contributed by atoms with van der Waals surface area (Å²) in [5.74, 6) is 1.87. The molecule has 8 nitrogen and oxygen atoms in total. The molecule has 3 N–H and O–H groups in total. The van der Waals surface area contributed by atoms with Gasteiger partial charge in [0.25, 0.3) is 0 Å². The SMILES string of the molecule is CC(Sc1nnc(-c2ccc(Cl)cc2)n1C)c1nc(N)nc(Nc2ccccc2)n1. The average molecular weight is 439 g/mol. The van der Waals surface area contributed by atoms with Crippen LogP contribution in [0.3, 0.4) is 0 Å². The first-order valence-corrected chi connectivity index (χ1v) is 10.4. The zero-order chi connectivity index (χ0) is 21.1. The first-order valence-electron chi connectivity index (χ1n) is 9.15. The van der Waals surface area contributed by atoms with Gasteiger partial charge in [-0.05, 0) is 43.3 Å². The summed E-state index contributed by atoms with van der Waals surface area (Å²) in [5, 5.41) is 13.1. The van der Waals surface area contributed by atoms with Gasteiger partial charge in [-0.25, -0.2) is 0 Å². The van der Waals surface area contributed by atoms with E-state index in [0.717, 1.165) is 22.2 Å². The van der Waals surface area contributed by atoms with Crippen molar-refractivity contribution in [2.24, 2.45) is 7.05 Å². The number of thioether (sulfide) groups is 1. The number of para-hydroxylation sites is 1. The number of nitrogens with one attached hydrogen (secondary N) is 1. The van der Waals surface area contributed by atoms with E-state index >= 15 is 0 Å². The van der Waals surface area contributed by atoms with Crippen molar-refractivity contribution in [3.63, 3.8) is 0 Å². The quantitative estimate of drug-likeness (QED) is 0.423. The number of halogens is 1. The molecular formula is C20H19ClN8S. The lowest BCUT2D eigenvalue weighted by molar-refractivity contribution is 0.785. The van der Waals surface area contributed by atoms with Crippen molar-refractivity contribution in [2.45, 2.75) is 17.3 Å². The molecule has 30 heavy (non-hydrogen) atoms. The van der Waals surface area contributed by atoms with E-state index in [2.05, 4.69) is 30.5 Å². The number of benzene rings is 2. The Labute approximate surface area is 182 Å². The highest BCUT2D eigenvalue weighted by Crippen LogP contribution is 2.34. The molecule has 0 aliphatic heterocycles. The maximum atomic E-state index is 5.98. The second kappa shape index (κ2) is 8.68. The minimum atomic E-state index is -0.118. The van der Waals surface area contributed by atoms with Crippen molar-refractivity contribution in [2.75, 3.05) is 11.1 Å². The van der Waals surface area contributed by atoms with Crippen molar-refractivity contribution in [3.8, 4) is 11.4 Å². The predicted octanol–water partition coefficient (Wildman–Crippen LogP) is 4.50. The highest BCUT2D eigenvalue weighted by molar-refractivity contribution is 7.99. The second-order valence-corrected chi connectivity index (χ2v) is 8.24. The zero-order valence-corrected chi connectivity index (χ0v) is 17.9. The van der Waals surface area contributed by atoms with Crippen LogP contribution in [-0.2, 0) is 7.05 Å². The molecule has 10 heteroatoms. The summed E-state index contributed by atoms with van der Waals surface area (Å²) in [5.41, 5.74) is 7.72. The Kier molecular flexibility index (Phi) is 5.82. The monoisotopic (exact) mass is 438 g/mol. The van der Waals surface area contributed by atoms with Crippen LogP contribution in [0.15, 0.2) is 59.8 Å². The molecule has 0 saturated carbocycles. The Morgan fingerprint density at radius 1 is 1.00 bits per heavy atom. The topological polar surface area (TPSA) is 107 Å². The third kappa shape index (κ3) is 4.52. The predicted molar refractivity (Wildman–Crippen MR) is 120 cm³/mol. The number of rotatable bonds is 6. The van der Waals surface area contributed by atoms with E-state index in [1.165, 1.54) is 11.8 Å². The van der Waals surface area contributed by atoms with E-state index in [4.69, 9.17) is 17.3 Å². The standard InChI is InChI=1S/C20H19ClN8S/c1-12(16-24-18(22)26-19(25-16)23-15-6-4-3-5-7-15)30-20-28-27-17(29(20)2)13-8-10-14(21)11-9-13/h3-12H,1-2H3,(H3,22,23,24,25,26). The fourth-order valence-electron chi connectivity index (χ4n) is 2.78. The largest absolute Gasteiger partial charge is 0.368 e. The van der Waals surface area contributed by atoms with Gasteiger partial charge in [-0.1, -0.05) is 41.6 Å². The van der Waals surface area contributed by atoms with Crippen LogP contribution in [-0.4, -0.2) is 29.7 Å². The minimum absolute atomic E-state index is 0.118. The van der Waals surface area contributed by atoms with Gasteiger partial charge in [0.1, 0.15) is 5.82 Å². The summed E-state index contributed by atoms with van der Waals surface area (Å²) in [7, 11) is 1.92. The molecule has 0 saturated heterocycles. The lowest BCUT2D eigenvalue weighted by Crippen LogP contribution is -2.08. The minimum Gasteiger partial charge on any atom is -0.368 e. The Hall–Kier alpha value is -3.17. The summed E-state index contributed by atoms with van der Waals surface area (Å²) in [6.45, 7) is 1.99. The average Bonchev–Trinajstić information content (AvgIpc) is 3.09. The third-order valence-electron chi connectivity index (χ3n) is 4.28. The molecule has 4 aromatic rings. The smallest absolute Gasteiger partial charge is 0.232 e. The Balaban J connectivity index is 1.54. The van der Waals surface area contributed by atoms with Crippen LogP contribution in [0.2, 0.25) is 5.02 Å². The summed E-state index contributed by atoms with van der Waals surface area (Å²) < 4.78 is 1.93. The van der Waals surface area contributed by atoms with Crippen LogP contribution < -0.4 is 11.1 Å². The molecule has 2 heterocycles. The molecule has 4 rings (SSSR count). The molecular weight excluding hydrogens is 420 g/mol. The third-order valence-corrected chi connectivity index (χ3v) is 5.67. The Morgan fingerprint density at radius 2 is 1.73 bits per heavy atom. The molecule has 0 radical (unpaired) electrons. The fourth-order valence-corrected chi connectivity index (χ4v) is 3.76. The highest BCUT2D eigenvalue weighted by atomic mass is 35.5. The first kappa shape index (κ1) is 20.1. The Morgan fingerprint density at radius 3 is 2.47 bits per heavy atom. The molecule has 152 valence electrons. The fraction of sp³-hybridized carbons (Fsp3) is 0.150. The van der Waals surface area contributed by atoms with Gasteiger partial charge in [-0.2, -0.15) is 15.0 Å². The molecule has 2 aromatic carbocycles. The zero-order valence-electron chi connectivity index (χ0n) is 16.3. The molecule has 0 amide bonds. The van der Waals surface area contributed by atoms with Gasteiger partial charge in [0.2, 0.25) is 11.9 Å². The number of anilines is 3. The van der Waals surface area contributed by atoms with Crippen LogP contribution in [0, 0.1) is 0 Å². The van der Waals surface area contributed by atoms with Crippen molar-refractivity contribution in [1.29, 1.82) is 0 Å². The van der Waals surface area contributed by atoms with Crippen LogP contribution in [0.25, 0.3) is 11.4 Å². The summed E-state index contributed by atoms with van der Waals surface area (Å²) in [6.07, 6.45) is 0. The van der Waals surface area contributed by atoms with E-state index in [9.17, 15) is 0 Å². The van der Waals surface area contributed by atoms with Crippen LogP contribution in [0.1, 0.15) is 18.0 Å². The van der Waals surface area contributed by atoms with Gasteiger partial charge >= 0.3 is 0 Å². The normalized spacial score (nSPS) is 12.0. The number of hydrogen-bond acceptors (Lipinski definition) is 8. The van der Waals surface area contributed by atoms with Crippen molar-refractivity contribution in [3.05, 3.63) is 65.4 Å². The van der Waals surface area contributed by atoms with Crippen molar-refractivity contribution < 1.29 is 0 Å². The number of aromatic nitrogens is 6. The van der Waals surface area contributed by atoms with Gasteiger partial charge < -0.3 is 15.6 Å². The molecule has 0 spiro atoms. The Bertz CT molecular complexity index is 1150. The van der Waals surface area contributed by atoms with Gasteiger partial charge in [0.15, 0.2) is 11.0 Å². The summed E-state index contributed by atoms with van der Waals surface area (Å²) >= 11 is 7.47. The van der Waals surface area contributed by atoms with E-state index < -0.39 is 0 Å². The molecule has 0 aliphatic rings. The second-order valence-electron chi connectivity index (χ2n) is 6.50. The number of nitrogen functional groups attached to an aromatic ring is 1. The molecule has 1 atom stereocenters. The number of nitrogens with two attached hydrogens (primary N) is 1. The van der Waals surface area contributed by atoms with Gasteiger partial charge in [0, 0.05) is 23.3 Å². The molecule has 0 bridgehead atoms. The summed E-state index contributed by atoms with van der Waals surface area (Å²) in [6, 6.07) is 17.1. The van der Waals surface area contributed by atoms with Crippen LogP contribution >= 0.6 is 23.4 Å². The van der Waals surface area contributed by atoms with Gasteiger partial charge in [0.05, 0.1) is 5.25 Å². The maximum absolute atomic E-state index is 5.98. The van der Waals surface area contributed by atoms with E-state index in [1.807, 2.05) is 73.1 Å². The van der Waals surface area contributed by atoms with Crippen molar-refractivity contribution in [1.82, 2.24) is 29.7 Å². The van der Waals surface area contributed by atoms with Crippen LogP contribution in [0.4, 0.5) is 17.6 Å². The van der Waals surface area contributed by atoms with Crippen LogP contribution in [0.5, 0.6) is 0 Å². The molecule has 1 unspecified atom stereocenters. The lowest BCUT2D eigenvalue weighted by atomic mass is 10.2. The molecule has 0 aliphatic carbocycles. The van der Waals surface area contributed by atoms with E-state index in [0.29, 0.717) is 16.8 Å². The number of nitrogens with zero attached hydrogens (tertiary/aromatic N) is 6. The lowest BCUT2D eigenvalue weighted by Gasteiger charge is -2.12. The summed E-state index contributed by atoms with van der Waals surface area (Å²) in [4.78, 5) is 13.0.